The van der Waals surface area contributed by atoms with E-state index >= 15 is 0 Å². The molecule has 0 amide bonds. The molecule has 1 aliphatic heterocycles. The molecule has 6 heteroatoms. The van der Waals surface area contributed by atoms with Crippen molar-refractivity contribution in [1.82, 2.24) is 10.2 Å². The lowest BCUT2D eigenvalue weighted by Crippen LogP contribution is -2.41. The number of hydrogen-bond acceptors (Lipinski definition) is 4. The minimum absolute atomic E-state index is 0. The van der Waals surface area contributed by atoms with Crippen LogP contribution in [0.3, 0.4) is 0 Å². The predicted molar refractivity (Wildman–Crippen MR) is 113 cm³/mol. The molecule has 3 rings (SSSR count). The maximum absolute atomic E-state index is 8.94. The van der Waals surface area contributed by atoms with Gasteiger partial charge in [0.05, 0.1) is 23.5 Å². The molecule has 2 aliphatic rings. The predicted octanol–water partition coefficient (Wildman–Crippen LogP) is 4.93. The Morgan fingerprint density at radius 1 is 1.23 bits per heavy atom. The number of nitriles is 1. The van der Waals surface area contributed by atoms with Crippen LogP contribution in [0.5, 0.6) is 0 Å². The second-order valence-electron chi connectivity index (χ2n) is 6.80. The van der Waals surface area contributed by atoms with Crippen molar-refractivity contribution >= 4 is 34.9 Å². The molecule has 0 saturated heterocycles. The van der Waals surface area contributed by atoms with Gasteiger partial charge in [0.25, 0.3) is 0 Å². The van der Waals surface area contributed by atoms with Crippen molar-refractivity contribution in [3.8, 4) is 6.07 Å². The van der Waals surface area contributed by atoms with Gasteiger partial charge in [0.1, 0.15) is 12.4 Å². The van der Waals surface area contributed by atoms with Crippen LogP contribution in [0.25, 0.3) is 0 Å². The summed E-state index contributed by atoms with van der Waals surface area (Å²) in [4.78, 5) is 6.37. The second kappa shape index (κ2) is 9.99. The fraction of sp³-hybridized carbons (Fsp3) is 0.500. The number of nitrogens with one attached hydrogen (secondary N) is 1. The van der Waals surface area contributed by atoms with E-state index in [2.05, 4.69) is 53.6 Å². The fourth-order valence-corrected chi connectivity index (χ4v) is 4.20. The fourth-order valence-electron chi connectivity index (χ4n) is 3.82. The van der Waals surface area contributed by atoms with E-state index in [9.17, 15) is 0 Å². The van der Waals surface area contributed by atoms with E-state index in [0.29, 0.717) is 18.5 Å². The lowest BCUT2D eigenvalue weighted by Gasteiger charge is -2.34. The van der Waals surface area contributed by atoms with Gasteiger partial charge in [-0.2, -0.15) is 5.26 Å². The van der Waals surface area contributed by atoms with Crippen molar-refractivity contribution in [3.63, 3.8) is 0 Å². The van der Waals surface area contributed by atoms with E-state index in [4.69, 9.17) is 16.9 Å². The molecule has 0 radical (unpaired) electrons. The Bertz CT molecular complexity index is 675. The molecule has 0 aromatic heterocycles. The minimum Gasteiger partial charge on any atom is -0.366 e. The lowest BCUT2D eigenvalue weighted by molar-refractivity contribution is 0.347. The summed E-state index contributed by atoms with van der Waals surface area (Å²) in [6.45, 7) is 2.40. The molecule has 1 fully saturated rings. The number of halogens is 2. The Morgan fingerprint density at radius 3 is 2.54 bits per heavy atom. The van der Waals surface area contributed by atoms with Gasteiger partial charge in [-0.15, -0.1) is 17.0 Å². The first kappa shape index (κ1) is 20.8. The topological polar surface area (TPSA) is 51.4 Å². The number of rotatable bonds is 5. The van der Waals surface area contributed by atoms with E-state index < -0.39 is 0 Å². The molecule has 1 N–H and O–H groups in total. The van der Waals surface area contributed by atoms with Crippen LogP contribution in [0.4, 0.5) is 0 Å². The van der Waals surface area contributed by atoms with Crippen molar-refractivity contribution in [1.29, 1.82) is 5.26 Å². The molecule has 4 nitrogen and oxygen atoms in total. The van der Waals surface area contributed by atoms with Gasteiger partial charge in [0, 0.05) is 6.04 Å². The van der Waals surface area contributed by atoms with Crippen LogP contribution in [0, 0.1) is 11.3 Å². The van der Waals surface area contributed by atoms with Crippen LogP contribution in [0.1, 0.15) is 50.5 Å². The van der Waals surface area contributed by atoms with Gasteiger partial charge in [-0.25, -0.2) is 4.99 Å². The van der Waals surface area contributed by atoms with Crippen molar-refractivity contribution in [2.24, 2.45) is 4.99 Å². The number of benzene rings is 1. The van der Waals surface area contributed by atoms with Crippen LogP contribution in [-0.2, 0) is 0 Å². The standard InChI is InChI=1S/C20H25ClN4.BrH/c1-2-18-19(21)20(23-14-25(18)13-12-22)24-17-10-8-16(9-11-17)15-6-4-3-5-7-15;/h3-7,14,16-18,24H,2,8-11,13H2,1H3;1H/t16-,17+,18?;. The minimum atomic E-state index is 0. The molecule has 140 valence electrons. The number of hydrogen-bond donors (Lipinski definition) is 1. The highest BCUT2D eigenvalue weighted by Gasteiger charge is 2.27. The van der Waals surface area contributed by atoms with Gasteiger partial charge in [-0.1, -0.05) is 48.9 Å². The molecule has 1 unspecified atom stereocenters. The monoisotopic (exact) mass is 436 g/mol. The average molecular weight is 438 g/mol. The van der Waals surface area contributed by atoms with Gasteiger partial charge >= 0.3 is 0 Å². The molecule has 1 aliphatic carbocycles. The van der Waals surface area contributed by atoms with E-state index in [-0.39, 0.29) is 23.0 Å². The average Bonchev–Trinajstić information content (AvgIpc) is 2.66. The summed E-state index contributed by atoms with van der Waals surface area (Å²) in [5, 5.41) is 13.2. The summed E-state index contributed by atoms with van der Waals surface area (Å²) >= 11 is 6.58. The van der Waals surface area contributed by atoms with Gasteiger partial charge in [-0.3, -0.25) is 0 Å². The van der Waals surface area contributed by atoms with Gasteiger partial charge in [0.15, 0.2) is 0 Å². The summed E-state index contributed by atoms with van der Waals surface area (Å²) in [6, 6.07) is 13.4. The van der Waals surface area contributed by atoms with Crippen LogP contribution in [-0.4, -0.2) is 29.9 Å². The third-order valence-corrected chi connectivity index (χ3v) is 5.66. The molecule has 1 aromatic carbocycles. The first-order valence-electron chi connectivity index (χ1n) is 9.11. The maximum Gasteiger partial charge on any atom is 0.144 e. The molecular formula is C20H26BrClN4. The first-order chi connectivity index (χ1) is 12.2. The third kappa shape index (κ3) is 4.81. The molecule has 26 heavy (non-hydrogen) atoms. The molecule has 1 saturated carbocycles. The Kier molecular flexibility index (Phi) is 7.99. The zero-order valence-corrected chi connectivity index (χ0v) is 17.5. The second-order valence-corrected chi connectivity index (χ2v) is 7.21. The highest BCUT2D eigenvalue weighted by Crippen LogP contribution is 2.34. The highest BCUT2D eigenvalue weighted by molar-refractivity contribution is 8.93. The van der Waals surface area contributed by atoms with E-state index in [1.807, 2.05) is 4.90 Å². The zero-order chi connectivity index (χ0) is 17.6. The Labute approximate surface area is 171 Å². The summed E-state index contributed by atoms with van der Waals surface area (Å²) in [7, 11) is 0. The van der Waals surface area contributed by atoms with Crippen LogP contribution in [0.2, 0.25) is 0 Å². The molecule has 0 bridgehead atoms. The highest BCUT2D eigenvalue weighted by atomic mass is 79.9. The summed E-state index contributed by atoms with van der Waals surface area (Å²) in [6.07, 6.45) is 7.24. The third-order valence-electron chi connectivity index (χ3n) is 5.23. The van der Waals surface area contributed by atoms with Crippen molar-refractivity contribution in [3.05, 3.63) is 46.7 Å². The molecule has 0 spiro atoms. The maximum atomic E-state index is 8.94. The first-order valence-corrected chi connectivity index (χ1v) is 9.48. The summed E-state index contributed by atoms with van der Waals surface area (Å²) < 4.78 is 0. The largest absolute Gasteiger partial charge is 0.366 e. The summed E-state index contributed by atoms with van der Waals surface area (Å²) in [5.41, 5.74) is 1.45. The summed E-state index contributed by atoms with van der Waals surface area (Å²) in [5.74, 6) is 1.44. The van der Waals surface area contributed by atoms with Crippen LogP contribution < -0.4 is 5.32 Å². The van der Waals surface area contributed by atoms with E-state index in [1.54, 1.807) is 6.34 Å². The smallest absolute Gasteiger partial charge is 0.144 e. The molecular weight excluding hydrogens is 412 g/mol. The normalized spacial score (nSPS) is 25.4. The Balaban J connectivity index is 0.00000243. The van der Waals surface area contributed by atoms with E-state index in [1.165, 1.54) is 18.4 Å². The van der Waals surface area contributed by atoms with Crippen LogP contribution in [0.15, 0.2) is 46.2 Å². The van der Waals surface area contributed by atoms with Crippen molar-refractivity contribution in [2.45, 2.75) is 57.0 Å². The molecule has 1 aromatic rings. The molecule has 1 heterocycles. The van der Waals surface area contributed by atoms with E-state index in [0.717, 1.165) is 30.1 Å². The van der Waals surface area contributed by atoms with Crippen molar-refractivity contribution < 1.29 is 0 Å². The van der Waals surface area contributed by atoms with Crippen molar-refractivity contribution in [2.75, 3.05) is 6.54 Å². The molecule has 1 atom stereocenters. The van der Waals surface area contributed by atoms with Gasteiger partial charge in [-0.05, 0) is 43.6 Å². The number of nitrogens with zero attached hydrogens (tertiary/aromatic N) is 3. The Morgan fingerprint density at radius 2 is 1.92 bits per heavy atom. The van der Waals surface area contributed by atoms with Crippen LogP contribution >= 0.6 is 28.6 Å². The quantitative estimate of drug-likeness (QED) is 0.664. The number of aliphatic imine (C=N–C) groups is 1. The van der Waals surface area contributed by atoms with Gasteiger partial charge in [0.2, 0.25) is 0 Å². The lowest BCUT2D eigenvalue weighted by atomic mass is 9.82. The zero-order valence-electron chi connectivity index (χ0n) is 15.1. The Hall–Kier alpha value is -1.51. The van der Waals surface area contributed by atoms with Gasteiger partial charge < -0.3 is 10.2 Å². The SMILES string of the molecule is Br.CCC1C(Cl)=C(N[C@H]2CC[C@@H](c3ccccc3)CC2)N=CN1CC#N.